The number of aromatic amines is 1. The molecular formula is C18H20BrN3O. The van der Waals surface area contributed by atoms with E-state index >= 15 is 0 Å². The lowest BCUT2D eigenvalue weighted by molar-refractivity contribution is 0.415. The summed E-state index contributed by atoms with van der Waals surface area (Å²) < 4.78 is 6.35. The second-order valence-corrected chi connectivity index (χ2v) is 6.44. The van der Waals surface area contributed by atoms with E-state index in [2.05, 4.69) is 44.1 Å². The molecule has 120 valence electrons. The highest BCUT2D eigenvalue weighted by molar-refractivity contribution is 9.10. The van der Waals surface area contributed by atoms with E-state index in [1.54, 1.807) is 13.3 Å². The van der Waals surface area contributed by atoms with E-state index in [0.717, 1.165) is 52.8 Å². The Labute approximate surface area is 144 Å². The quantitative estimate of drug-likeness (QED) is 0.633. The number of rotatable bonds is 6. The van der Waals surface area contributed by atoms with Crippen LogP contribution in [0.1, 0.15) is 18.4 Å². The molecule has 3 rings (SSSR count). The van der Waals surface area contributed by atoms with Crippen LogP contribution in [-0.4, -0.2) is 23.6 Å². The minimum atomic E-state index is 0.722. The number of ether oxygens (including phenoxy) is 1. The van der Waals surface area contributed by atoms with E-state index < -0.39 is 0 Å². The molecular weight excluding hydrogens is 354 g/mol. The van der Waals surface area contributed by atoms with Crippen LogP contribution in [0, 0.1) is 0 Å². The normalized spacial score (nSPS) is 11.1. The van der Waals surface area contributed by atoms with Gasteiger partial charge in [-0.05, 0) is 71.6 Å². The van der Waals surface area contributed by atoms with Crippen molar-refractivity contribution in [3.63, 3.8) is 0 Å². The SMILES string of the molecule is COc1ccc2[nH]c(-c3cncc(Br)c3)c(CCCCN)c2c1. The molecule has 1 aromatic carbocycles. The molecule has 3 N–H and O–H groups in total. The minimum Gasteiger partial charge on any atom is -0.497 e. The fraction of sp³-hybridized carbons (Fsp3) is 0.278. The Kier molecular flexibility index (Phi) is 4.98. The number of nitrogens with one attached hydrogen (secondary N) is 1. The lowest BCUT2D eigenvalue weighted by Crippen LogP contribution is -1.99. The largest absolute Gasteiger partial charge is 0.497 e. The molecule has 3 aromatic rings. The third-order valence-corrected chi connectivity index (χ3v) is 4.42. The number of unbranched alkanes of at least 4 members (excludes halogenated alkanes) is 1. The molecule has 0 radical (unpaired) electrons. The first-order valence-electron chi connectivity index (χ1n) is 7.72. The van der Waals surface area contributed by atoms with E-state index in [1.165, 1.54) is 10.9 Å². The van der Waals surface area contributed by atoms with E-state index in [4.69, 9.17) is 10.5 Å². The number of halogens is 1. The first-order chi connectivity index (χ1) is 11.2. The van der Waals surface area contributed by atoms with Gasteiger partial charge in [0.1, 0.15) is 5.75 Å². The number of methoxy groups -OCH3 is 1. The zero-order valence-corrected chi connectivity index (χ0v) is 14.7. The Morgan fingerprint density at radius 3 is 2.83 bits per heavy atom. The summed E-state index contributed by atoms with van der Waals surface area (Å²) in [6.45, 7) is 0.722. The van der Waals surface area contributed by atoms with Crippen LogP contribution in [0.2, 0.25) is 0 Å². The maximum absolute atomic E-state index is 5.65. The van der Waals surface area contributed by atoms with Crippen LogP contribution in [-0.2, 0) is 6.42 Å². The number of aromatic nitrogens is 2. The van der Waals surface area contributed by atoms with Gasteiger partial charge >= 0.3 is 0 Å². The van der Waals surface area contributed by atoms with Gasteiger partial charge in [-0.3, -0.25) is 4.98 Å². The summed E-state index contributed by atoms with van der Waals surface area (Å²) in [4.78, 5) is 7.83. The Morgan fingerprint density at radius 1 is 1.22 bits per heavy atom. The van der Waals surface area contributed by atoms with Crippen LogP contribution < -0.4 is 10.5 Å². The first-order valence-corrected chi connectivity index (χ1v) is 8.52. The second-order valence-electron chi connectivity index (χ2n) is 5.53. The van der Waals surface area contributed by atoms with Crippen molar-refractivity contribution < 1.29 is 4.74 Å². The van der Waals surface area contributed by atoms with Crippen LogP contribution in [0.5, 0.6) is 5.75 Å². The van der Waals surface area contributed by atoms with Gasteiger partial charge in [-0.1, -0.05) is 0 Å². The van der Waals surface area contributed by atoms with Crippen molar-refractivity contribution in [3.05, 3.63) is 46.7 Å². The molecule has 2 heterocycles. The number of hydrogen-bond donors (Lipinski definition) is 2. The molecule has 0 saturated heterocycles. The monoisotopic (exact) mass is 373 g/mol. The molecule has 0 unspecified atom stereocenters. The molecule has 0 saturated carbocycles. The summed E-state index contributed by atoms with van der Waals surface area (Å²) in [6, 6.07) is 8.22. The van der Waals surface area contributed by atoms with E-state index in [0.29, 0.717) is 0 Å². The maximum atomic E-state index is 5.65. The molecule has 0 aliphatic heterocycles. The molecule has 2 aromatic heterocycles. The van der Waals surface area contributed by atoms with Crippen LogP contribution in [0.25, 0.3) is 22.2 Å². The van der Waals surface area contributed by atoms with Gasteiger partial charge in [0.2, 0.25) is 0 Å². The molecule has 0 spiro atoms. The number of benzene rings is 1. The van der Waals surface area contributed by atoms with Gasteiger partial charge in [-0.15, -0.1) is 0 Å². The van der Waals surface area contributed by atoms with Gasteiger partial charge in [0.25, 0.3) is 0 Å². The third-order valence-electron chi connectivity index (χ3n) is 3.99. The van der Waals surface area contributed by atoms with Gasteiger partial charge in [0.15, 0.2) is 0 Å². The lowest BCUT2D eigenvalue weighted by Gasteiger charge is -2.06. The average Bonchev–Trinajstić information content (AvgIpc) is 2.93. The molecule has 0 atom stereocenters. The van der Waals surface area contributed by atoms with Gasteiger partial charge in [0.05, 0.1) is 12.8 Å². The molecule has 0 aliphatic rings. The number of fused-ring (bicyclic) bond motifs is 1. The minimum absolute atomic E-state index is 0.722. The molecule has 0 aliphatic carbocycles. The van der Waals surface area contributed by atoms with Crippen molar-refractivity contribution in [1.29, 1.82) is 0 Å². The highest BCUT2D eigenvalue weighted by Gasteiger charge is 2.14. The van der Waals surface area contributed by atoms with Gasteiger partial charge in [0, 0.05) is 33.3 Å². The topological polar surface area (TPSA) is 63.9 Å². The average molecular weight is 374 g/mol. The maximum Gasteiger partial charge on any atom is 0.119 e. The number of H-pyrrole nitrogens is 1. The van der Waals surface area contributed by atoms with Crippen molar-refractivity contribution in [2.75, 3.05) is 13.7 Å². The van der Waals surface area contributed by atoms with Crippen molar-refractivity contribution in [1.82, 2.24) is 9.97 Å². The van der Waals surface area contributed by atoms with Crippen molar-refractivity contribution in [2.24, 2.45) is 5.73 Å². The number of nitrogens with two attached hydrogens (primary N) is 1. The van der Waals surface area contributed by atoms with Crippen LogP contribution in [0.4, 0.5) is 0 Å². The van der Waals surface area contributed by atoms with Crippen molar-refractivity contribution in [3.8, 4) is 17.0 Å². The smallest absolute Gasteiger partial charge is 0.119 e. The molecule has 5 heteroatoms. The Morgan fingerprint density at radius 2 is 2.09 bits per heavy atom. The second kappa shape index (κ2) is 7.15. The summed E-state index contributed by atoms with van der Waals surface area (Å²) in [5, 5.41) is 1.20. The van der Waals surface area contributed by atoms with Crippen molar-refractivity contribution >= 4 is 26.8 Å². The van der Waals surface area contributed by atoms with Gasteiger partial charge in [-0.2, -0.15) is 0 Å². The summed E-state index contributed by atoms with van der Waals surface area (Å²) in [7, 11) is 1.70. The zero-order chi connectivity index (χ0) is 16.2. The summed E-state index contributed by atoms with van der Waals surface area (Å²) >= 11 is 3.50. The van der Waals surface area contributed by atoms with E-state index in [1.807, 2.05) is 12.3 Å². The van der Waals surface area contributed by atoms with Crippen LogP contribution >= 0.6 is 15.9 Å². The highest BCUT2D eigenvalue weighted by atomic mass is 79.9. The van der Waals surface area contributed by atoms with Gasteiger partial charge < -0.3 is 15.5 Å². The van der Waals surface area contributed by atoms with Crippen LogP contribution in [0.3, 0.4) is 0 Å². The lowest BCUT2D eigenvalue weighted by atomic mass is 10.0. The Hall–Kier alpha value is -1.85. The summed E-state index contributed by atoms with van der Waals surface area (Å²) in [6.07, 6.45) is 6.75. The third kappa shape index (κ3) is 3.41. The Bertz CT molecular complexity index is 813. The fourth-order valence-electron chi connectivity index (χ4n) is 2.85. The zero-order valence-electron chi connectivity index (χ0n) is 13.1. The van der Waals surface area contributed by atoms with E-state index in [-0.39, 0.29) is 0 Å². The standard InChI is InChI=1S/C18H20BrN3O/c1-23-14-5-6-17-16(9-14)15(4-2-3-7-20)18(22-17)12-8-13(19)11-21-10-12/h5-6,8-11,22H,2-4,7,20H2,1H3. The highest BCUT2D eigenvalue weighted by Crippen LogP contribution is 2.34. The summed E-state index contributed by atoms with van der Waals surface area (Å²) in [5.41, 5.74) is 10.3. The fourth-order valence-corrected chi connectivity index (χ4v) is 3.22. The first kappa shape index (κ1) is 16.0. The molecule has 0 bridgehead atoms. The van der Waals surface area contributed by atoms with Crippen LogP contribution in [0.15, 0.2) is 41.1 Å². The molecule has 23 heavy (non-hydrogen) atoms. The van der Waals surface area contributed by atoms with Gasteiger partial charge in [-0.25, -0.2) is 0 Å². The molecule has 0 amide bonds. The molecule has 0 fully saturated rings. The Balaban J connectivity index is 2.13. The number of nitrogens with zero attached hydrogens (tertiary/aromatic N) is 1. The predicted octanol–water partition coefficient (Wildman–Crippen LogP) is 4.28. The summed E-state index contributed by atoms with van der Waals surface area (Å²) in [5.74, 6) is 0.871. The van der Waals surface area contributed by atoms with Crippen molar-refractivity contribution in [2.45, 2.75) is 19.3 Å². The number of pyridine rings is 1. The number of aryl methyl sites for hydroxylation is 1. The number of hydrogen-bond acceptors (Lipinski definition) is 3. The predicted molar refractivity (Wildman–Crippen MR) is 97.8 cm³/mol. The van der Waals surface area contributed by atoms with E-state index in [9.17, 15) is 0 Å². The molecule has 4 nitrogen and oxygen atoms in total.